The molecule has 0 saturated carbocycles. The Morgan fingerprint density at radius 2 is 1.73 bits per heavy atom. The second kappa shape index (κ2) is 5.56. The van der Waals surface area contributed by atoms with Crippen molar-refractivity contribution in [3.63, 3.8) is 0 Å². The van der Waals surface area contributed by atoms with Crippen molar-refractivity contribution < 1.29 is 9.84 Å². The summed E-state index contributed by atoms with van der Waals surface area (Å²) in [5.41, 5.74) is 1.31. The van der Waals surface area contributed by atoms with E-state index in [9.17, 15) is 9.90 Å². The second-order valence-electron chi connectivity index (χ2n) is 5.35. The van der Waals surface area contributed by atoms with Gasteiger partial charge < -0.3 is 9.84 Å². The van der Waals surface area contributed by atoms with Gasteiger partial charge in [-0.1, -0.05) is 36.4 Å². The molecule has 3 aromatic rings. The number of nitrogens with zero attached hydrogens (tertiary/aromatic N) is 1. The molecule has 0 aliphatic heterocycles. The van der Waals surface area contributed by atoms with Gasteiger partial charge in [0.1, 0.15) is 0 Å². The predicted octanol–water partition coefficient (Wildman–Crippen LogP) is 3.46. The quantitative estimate of drug-likeness (QED) is 0.805. The largest absolute Gasteiger partial charge is 0.503 e. The minimum absolute atomic E-state index is 0.0206. The van der Waals surface area contributed by atoms with Crippen LogP contribution in [0.1, 0.15) is 13.8 Å². The normalized spacial score (nSPS) is 11.0. The smallest absolute Gasteiger partial charge is 0.266 e. The number of rotatable bonds is 3. The Kier molecular flexibility index (Phi) is 3.59. The average molecular weight is 295 g/mol. The van der Waals surface area contributed by atoms with Gasteiger partial charge in [0.25, 0.3) is 5.56 Å². The highest BCUT2D eigenvalue weighted by atomic mass is 16.5. The molecular weight excluding hydrogens is 278 g/mol. The molecule has 22 heavy (non-hydrogen) atoms. The predicted molar refractivity (Wildman–Crippen MR) is 86.5 cm³/mol. The summed E-state index contributed by atoms with van der Waals surface area (Å²) in [7, 11) is 0. The zero-order valence-corrected chi connectivity index (χ0v) is 12.5. The van der Waals surface area contributed by atoms with E-state index in [1.54, 1.807) is 24.4 Å². The molecule has 0 bridgehead atoms. The summed E-state index contributed by atoms with van der Waals surface area (Å²) in [5.74, 6) is 0.213. The molecular formula is C18H17NO3. The first kappa shape index (κ1) is 14.2. The molecule has 0 saturated heterocycles. The molecule has 112 valence electrons. The van der Waals surface area contributed by atoms with E-state index < -0.39 is 0 Å². The number of fused-ring (bicyclic) bond motifs is 1. The summed E-state index contributed by atoms with van der Waals surface area (Å²) in [6, 6.07) is 14.5. The van der Waals surface area contributed by atoms with Crippen LogP contribution in [0.3, 0.4) is 0 Å². The lowest BCUT2D eigenvalue weighted by Crippen LogP contribution is -2.19. The number of benzene rings is 1. The van der Waals surface area contributed by atoms with Crippen molar-refractivity contribution in [1.82, 2.24) is 4.40 Å². The van der Waals surface area contributed by atoms with Crippen LogP contribution in [0.5, 0.6) is 11.5 Å². The van der Waals surface area contributed by atoms with Crippen LogP contribution in [0.4, 0.5) is 0 Å². The van der Waals surface area contributed by atoms with Crippen molar-refractivity contribution in [3.05, 3.63) is 65.1 Å². The number of aromatic nitrogens is 1. The van der Waals surface area contributed by atoms with Crippen LogP contribution in [0.25, 0.3) is 16.6 Å². The third-order valence-corrected chi connectivity index (χ3v) is 3.39. The van der Waals surface area contributed by atoms with Crippen LogP contribution in [0.2, 0.25) is 0 Å². The molecule has 0 atom stereocenters. The highest BCUT2D eigenvalue weighted by Gasteiger charge is 2.20. The lowest BCUT2D eigenvalue weighted by molar-refractivity contribution is 0.233. The number of hydrogen-bond acceptors (Lipinski definition) is 3. The third kappa shape index (κ3) is 2.33. The van der Waals surface area contributed by atoms with Crippen LogP contribution in [-0.4, -0.2) is 15.6 Å². The maximum absolute atomic E-state index is 12.9. The molecule has 0 amide bonds. The van der Waals surface area contributed by atoms with Gasteiger partial charge >= 0.3 is 0 Å². The van der Waals surface area contributed by atoms with Gasteiger partial charge in [-0.3, -0.25) is 9.20 Å². The van der Waals surface area contributed by atoms with Gasteiger partial charge in [0.15, 0.2) is 11.5 Å². The van der Waals surface area contributed by atoms with E-state index in [4.69, 9.17) is 4.74 Å². The lowest BCUT2D eigenvalue weighted by Gasteiger charge is -2.17. The summed E-state index contributed by atoms with van der Waals surface area (Å²) in [4.78, 5) is 12.9. The molecule has 0 spiro atoms. The number of aromatic hydroxyl groups is 1. The van der Waals surface area contributed by atoms with E-state index in [2.05, 4.69) is 0 Å². The van der Waals surface area contributed by atoms with Gasteiger partial charge in [0.05, 0.1) is 17.2 Å². The summed E-state index contributed by atoms with van der Waals surface area (Å²) in [6.07, 6.45) is 1.49. The summed E-state index contributed by atoms with van der Waals surface area (Å²) < 4.78 is 7.19. The van der Waals surface area contributed by atoms with Crippen molar-refractivity contribution in [2.75, 3.05) is 0 Å². The van der Waals surface area contributed by atoms with Crippen molar-refractivity contribution in [2.45, 2.75) is 20.0 Å². The molecule has 2 aromatic heterocycles. The number of hydrogen-bond donors (Lipinski definition) is 1. The van der Waals surface area contributed by atoms with Gasteiger partial charge in [-0.25, -0.2) is 0 Å². The zero-order valence-electron chi connectivity index (χ0n) is 12.5. The molecule has 0 unspecified atom stereocenters. The Hall–Kier alpha value is -2.75. The zero-order chi connectivity index (χ0) is 15.7. The fourth-order valence-corrected chi connectivity index (χ4v) is 2.48. The molecule has 4 nitrogen and oxygen atoms in total. The van der Waals surface area contributed by atoms with E-state index in [-0.39, 0.29) is 23.2 Å². The minimum atomic E-state index is -0.213. The first-order valence-corrected chi connectivity index (χ1v) is 7.18. The highest BCUT2D eigenvalue weighted by molar-refractivity contribution is 5.79. The van der Waals surface area contributed by atoms with E-state index in [0.717, 1.165) is 5.56 Å². The van der Waals surface area contributed by atoms with E-state index in [1.807, 2.05) is 44.2 Å². The van der Waals surface area contributed by atoms with Crippen molar-refractivity contribution in [2.24, 2.45) is 0 Å². The first-order valence-electron chi connectivity index (χ1n) is 7.18. The van der Waals surface area contributed by atoms with Crippen molar-refractivity contribution in [3.8, 4) is 22.6 Å². The molecule has 0 aliphatic rings. The molecule has 0 fully saturated rings. The topological polar surface area (TPSA) is 50.9 Å². The van der Waals surface area contributed by atoms with Crippen LogP contribution < -0.4 is 10.3 Å². The van der Waals surface area contributed by atoms with Crippen molar-refractivity contribution in [1.29, 1.82) is 0 Å². The molecule has 3 rings (SSSR count). The fraction of sp³-hybridized carbons (Fsp3) is 0.167. The minimum Gasteiger partial charge on any atom is -0.503 e. The molecule has 0 aliphatic carbocycles. The maximum atomic E-state index is 12.9. The van der Waals surface area contributed by atoms with E-state index in [1.165, 1.54) is 4.40 Å². The van der Waals surface area contributed by atoms with Crippen LogP contribution in [-0.2, 0) is 0 Å². The standard InChI is InChI=1S/C18H17NO3/c1-12(2)22-17-15(13-8-4-3-5-9-13)18(21)19-11-7-6-10-14(19)16(17)20/h3-12,20H,1-2H3. The van der Waals surface area contributed by atoms with E-state index >= 15 is 0 Å². The summed E-state index contributed by atoms with van der Waals surface area (Å²) in [5, 5.41) is 10.6. The molecule has 4 heteroatoms. The van der Waals surface area contributed by atoms with Gasteiger partial charge in [0, 0.05) is 6.20 Å². The summed E-state index contributed by atoms with van der Waals surface area (Å²) >= 11 is 0. The molecule has 1 N–H and O–H groups in total. The number of pyridine rings is 2. The Balaban J connectivity index is 2.42. The van der Waals surface area contributed by atoms with Gasteiger partial charge in [0.2, 0.25) is 0 Å². The fourth-order valence-electron chi connectivity index (χ4n) is 2.48. The third-order valence-electron chi connectivity index (χ3n) is 3.39. The SMILES string of the molecule is CC(C)Oc1c(-c2ccccc2)c(=O)n2ccccc2c1O. The van der Waals surface area contributed by atoms with Gasteiger partial charge in [-0.15, -0.1) is 0 Å². The Bertz CT molecular complexity index is 867. The maximum Gasteiger partial charge on any atom is 0.266 e. The highest BCUT2D eigenvalue weighted by Crippen LogP contribution is 2.38. The summed E-state index contributed by atoms with van der Waals surface area (Å²) in [6.45, 7) is 3.72. The van der Waals surface area contributed by atoms with Crippen LogP contribution in [0.15, 0.2) is 59.5 Å². The second-order valence-corrected chi connectivity index (χ2v) is 5.35. The first-order chi connectivity index (χ1) is 10.6. The van der Waals surface area contributed by atoms with Gasteiger partial charge in [-0.05, 0) is 31.5 Å². The molecule has 2 heterocycles. The van der Waals surface area contributed by atoms with Gasteiger partial charge in [-0.2, -0.15) is 0 Å². The van der Waals surface area contributed by atoms with Crippen LogP contribution in [0, 0.1) is 0 Å². The molecule has 1 aromatic carbocycles. The Labute approximate surface area is 128 Å². The number of ether oxygens (including phenoxy) is 1. The van der Waals surface area contributed by atoms with E-state index in [0.29, 0.717) is 11.1 Å². The van der Waals surface area contributed by atoms with Crippen molar-refractivity contribution >= 4 is 5.52 Å². The van der Waals surface area contributed by atoms with Crippen LogP contribution >= 0.6 is 0 Å². The molecule has 0 radical (unpaired) electrons. The lowest BCUT2D eigenvalue weighted by atomic mass is 10.1. The Morgan fingerprint density at radius 1 is 1.05 bits per heavy atom. The average Bonchev–Trinajstić information content (AvgIpc) is 2.53. The monoisotopic (exact) mass is 295 g/mol. The Morgan fingerprint density at radius 3 is 2.41 bits per heavy atom.